The van der Waals surface area contributed by atoms with E-state index in [2.05, 4.69) is 16.5 Å². The van der Waals surface area contributed by atoms with Crippen molar-refractivity contribution in [3.8, 4) is 17.2 Å². The minimum absolute atomic E-state index is 0.159. The molecule has 4 rings (SSSR count). The van der Waals surface area contributed by atoms with Crippen molar-refractivity contribution < 1.29 is 19.0 Å². The molecule has 0 aliphatic carbocycles. The van der Waals surface area contributed by atoms with Crippen LogP contribution < -0.4 is 19.0 Å². The van der Waals surface area contributed by atoms with Gasteiger partial charge in [0.15, 0.2) is 16.3 Å². The van der Waals surface area contributed by atoms with Crippen LogP contribution in [0.3, 0.4) is 0 Å². The maximum Gasteiger partial charge on any atom is 0.292 e. The summed E-state index contributed by atoms with van der Waals surface area (Å²) in [5.41, 5.74) is 1.05. The van der Waals surface area contributed by atoms with Gasteiger partial charge in [-0.3, -0.25) is 4.79 Å². The van der Waals surface area contributed by atoms with Gasteiger partial charge in [0.25, 0.3) is 5.91 Å². The molecule has 0 saturated carbocycles. The largest absolute Gasteiger partial charge is 0.494 e. The van der Waals surface area contributed by atoms with E-state index in [1.807, 2.05) is 43.3 Å². The summed E-state index contributed by atoms with van der Waals surface area (Å²) in [5, 5.41) is 0. The highest BCUT2D eigenvalue weighted by atomic mass is 32.1. The molecule has 3 aromatic rings. The topological polar surface area (TPSA) is 62.1 Å². The van der Waals surface area contributed by atoms with Crippen LogP contribution in [-0.2, 0) is 11.3 Å². The molecule has 0 bridgehead atoms. The van der Waals surface area contributed by atoms with Gasteiger partial charge in [-0.25, -0.2) is 0 Å². The predicted molar refractivity (Wildman–Crippen MR) is 108 cm³/mol. The summed E-state index contributed by atoms with van der Waals surface area (Å²) in [6, 6.07) is 13.3. The number of aryl methyl sites for hydroxylation is 1. The minimum atomic E-state index is -0.742. The van der Waals surface area contributed by atoms with Gasteiger partial charge in [-0.2, -0.15) is 4.99 Å². The number of nitrogens with zero attached hydrogens (tertiary/aromatic N) is 2. The van der Waals surface area contributed by atoms with Crippen LogP contribution in [0.4, 0.5) is 0 Å². The second-order valence-electron chi connectivity index (χ2n) is 6.41. The Morgan fingerprint density at radius 3 is 2.86 bits per heavy atom. The van der Waals surface area contributed by atoms with Crippen molar-refractivity contribution in [1.29, 1.82) is 0 Å². The van der Waals surface area contributed by atoms with E-state index in [0.717, 1.165) is 28.9 Å². The third-order valence-electron chi connectivity index (χ3n) is 4.40. The molecule has 0 fully saturated rings. The highest BCUT2D eigenvalue weighted by Gasteiger charge is 2.27. The number of amides is 1. The summed E-state index contributed by atoms with van der Waals surface area (Å²) in [7, 11) is 0. The fourth-order valence-electron chi connectivity index (χ4n) is 3.14. The van der Waals surface area contributed by atoms with Crippen LogP contribution in [0.25, 0.3) is 10.2 Å². The van der Waals surface area contributed by atoms with Gasteiger partial charge in [-0.05, 0) is 43.7 Å². The van der Waals surface area contributed by atoms with E-state index in [9.17, 15) is 4.79 Å². The molecule has 2 heterocycles. The molecule has 1 unspecified atom stereocenters. The molecule has 0 radical (unpaired) electrons. The molecule has 0 saturated heterocycles. The van der Waals surface area contributed by atoms with Crippen molar-refractivity contribution in [3.05, 3.63) is 47.3 Å². The molecule has 1 amide bonds. The number of hydrogen-bond donors (Lipinski definition) is 0. The molecule has 1 aliphatic heterocycles. The van der Waals surface area contributed by atoms with Gasteiger partial charge in [0.05, 0.1) is 16.8 Å². The van der Waals surface area contributed by atoms with Gasteiger partial charge < -0.3 is 18.8 Å². The van der Waals surface area contributed by atoms with Gasteiger partial charge in [-0.1, -0.05) is 30.4 Å². The molecule has 7 heteroatoms. The number of aromatic nitrogens is 1. The summed E-state index contributed by atoms with van der Waals surface area (Å²) < 4.78 is 20.2. The van der Waals surface area contributed by atoms with Crippen molar-refractivity contribution in [2.75, 3.05) is 13.2 Å². The lowest BCUT2D eigenvalue weighted by atomic mass is 10.2. The zero-order chi connectivity index (χ0) is 19.5. The Bertz CT molecular complexity index is 1070. The van der Waals surface area contributed by atoms with Crippen LogP contribution in [-0.4, -0.2) is 29.8 Å². The summed E-state index contributed by atoms with van der Waals surface area (Å²) >= 11 is 1.48. The average Bonchev–Trinajstić information content (AvgIpc) is 3.04. The first kappa shape index (κ1) is 18.6. The van der Waals surface area contributed by atoms with E-state index < -0.39 is 6.10 Å². The first-order chi connectivity index (χ1) is 13.7. The van der Waals surface area contributed by atoms with Crippen molar-refractivity contribution >= 4 is 27.5 Å². The number of thiazole rings is 1. The lowest BCUT2D eigenvalue weighted by Gasteiger charge is -2.23. The molecule has 2 aromatic carbocycles. The number of para-hydroxylation sites is 2. The highest BCUT2D eigenvalue weighted by molar-refractivity contribution is 7.16. The Kier molecular flexibility index (Phi) is 5.34. The number of benzene rings is 2. The molecule has 0 spiro atoms. The number of rotatable bonds is 5. The van der Waals surface area contributed by atoms with Gasteiger partial charge >= 0.3 is 0 Å². The Hall–Kier alpha value is -2.80. The van der Waals surface area contributed by atoms with Crippen LogP contribution in [0.15, 0.2) is 47.5 Å². The van der Waals surface area contributed by atoms with E-state index in [1.165, 1.54) is 11.3 Å². The summed E-state index contributed by atoms with van der Waals surface area (Å²) in [6.07, 6.45) is 0.200. The fraction of sp³-hybridized carbons (Fsp3) is 0.333. The molecule has 28 heavy (non-hydrogen) atoms. The van der Waals surface area contributed by atoms with Gasteiger partial charge in [0, 0.05) is 6.54 Å². The van der Waals surface area contributed by atoms with E-state index >= 15 is 0 Å². The van der Waals surface area contributed by atoms with Crippen LogP contribution >= 0.6 is 11.3 Å². The van der Waals surface area contributed by atoms with Crippen molar-refractivity contribution in [1.82, 2.24) is 4.57 Å². The molecule has 1 atom stereocenters. The first-order valence-corrected chi connectivity index (χ1v) is 10.2. The smallest absolute Gasteiger partial charge is 0.292 e. The van der Waals surface area contributed by atoms with E-state index in [-0.39, 0.29) is 12.5 Å². The Balaban J connectivity index is 1.68. The quantitative estimate of drug-likeness (QED) is 0.656. The maximum absolute atomic E-state index is 12.8. The maximum atomic E-state index is 12.8. The zero-order valence-corrected chi connectivity index (χ0v) is 16.7. The average molecular weight is 398 g/mol. The molecule has 146 valence electrons. The Labute approximate surface area is 167 Å². The van der Waals surface area contributed by atoms with Crippen molar-refractivity contribution in [2.45, 2.75) is 32.9 Å². The lowest BCUT2D eigenvalue weighted by Crippen LogP contribution is -2.36. The number of hydrogen-bond acceptors (Lipinski definition) is 5. The standard InChI is InChI=1S/C21H22N2O4S/c1-3-11-23-15-10-9-14(25-4-2)12-19(15)28-21(23)22-20(24)18-13-26-16-7-5-6-8-17(16)27-18/h5-10,12,18H,3-4,11,13H2,1-2H3. The second kappa shape index (κ2) is 8.06. The fourth-order valence-corrected chi connectivity index (χ4v) is 4.23. The zero-order valence-electron chi connectivity index (χ0n) is 15.9. The van der Waals surface area contributed by atoms with Gasteiger partial charge in [0.1, 0.15) is 12.4 Å². The third kappa shape index (κ3) is 3.62. The SMILES string of the molecule is CCCn1c(=NC(=O)C2COc3ccccc3O2)sc2cc(OCC)ccc21. The van der Waals surface area contributed by atoms with Crippen LogP contribution in [0, 0.1) is 0 Å². The third-order valence-corrected chi connectivity index (χ3v) is 5.44. The van der Waals surface area contributed by atoms with Crippen molar-refractivity contribution in [3.63, 3.8) is 0 Å². The number of fused-ring (bicyclic) bond motifs is 2. The molecule has 1 aliphatic rings. The molecular weight excluding hydrogens is 376 g/mol. The number of carbonyl (C=O) groups is 1. The molecule has 1 aromatic heterocycles. The summed E-state index contributed by atoms with van der Waals surface area (Å²) in [4.78, 5) is 17.8. The Morgan fingerprint density at radius 1 is 1.25 bits per heavy atom. The predicted octanol–water partition coefficient (Wildman–Crippen LogP) is 3.78. The normalized spacial score (nSPS) is 16.4. The van der Waals surface area contributed by atoms with Crippen LogP contribution in [0.5, 0.6) is 17.2 Å². The van der Waals surface area contributed by atoms with E-state index in [1.54, 1.807) is 6.07 Å². The molecule has 0 N–H and O–H groups in total. The van der Waals surface area contributed by atoms with Gasteiger partial charge in [-0.15, -0.1) is 0 Å². The number of carbonyl (C=O) groups excluding carboxylic acids is 1. The summed E-state index contributed by atoms with van der Waals surface area (Å²) in [6.45, 7) is 5.62. The number of ether oxygens (including phenoxy) is 3. The molecule has 6 nitrogen and oxygen atoms in total. The monoisotopic (exact) mass is 398 g/mol. The van der Waals surface area contributed by atoms with Gasteiger partial charge in [0.2, 0.25) is 6.10 Å². The van der Waals surface area contributed by atoms with Crippen LogP contribution in [0.1, 0.15) is 20.3 Å². The minimum Gasteiger partial charge on any atom is -0.494 e. The molecular formula is C21H22N2O4S. The second-order valence-corrected chi connectivity index (χ2v) is 7.42. The first-order valence-electron chi connectivity index (χ1n) is 9.42. The van der Waals surface area contributed by atoms with Crippen molar-refractivity contribution in [2.24, 2.45) is 4.99 Å². The summed E-state index contributed by atoms with van der Waals surface area (Å²) in [5.74, 6) is 1.70. The van der Waals surface area contributed by atoms with E-state index in [4.69, 9.17) is 14.2 Å². The van der Waals surface area contributed by atoms with E-state index in [0.29, 0.717) is 22.9 Å². The van der Waals surface area contributed by atoms with Crippen LogP contribution in [0.2, 0.25) is 0 Å². The lowest BCUT2D eigenvalue weighted by molar-refractivity contribution is -0.127. The highest BCUT2D eigenvalue weighted by Crippen LogP contribution is 2.31. The Morgan fingerprint density at radius 2 is 2.07 bits per heavy atom.